The van der Waals surface area contributed by atoms with Crippen molar-refractivity contribution in [2.75, 3.05) is 13.7 Å². The van der Waals surface area contributed by atoms with Crippen molar-refractivity contribution in [1.82, 2.24) is 9.88 Å². The van der Waals surface area contributed by atoms with Crippen molar-refractivity contribution >= 4 is 40.0 Å². The van der Waals surface area contributed by atoms with E-state index in [-0.39, 0.29) is 17.9 Å². The third-order valence-corrected chi connectivity index (χ3v) is 6.32. The number of likely N-dealkylation sites (tertiary alicyclic amines) is 1. The van der Waals surface area contributed by atoms with Gasteiger partial charge in [-0.15, -0.1) is 0 Å². The fourth-order valence-corrected chi connectivity index (χ4v) is 4.47. The van der Waals surface area contributed by atoms with Crippen molar-refractivity contribution in [3.63, 3.8) is 0 Å². The Bertz CT molecular complexity index is 1400. The first-order valence-corrected chi connectivity index (χ1v) is 11.1. The van der Waals surface area contributed by atoms with Gasteiger partial charge < -0.3 is 24.1 Å². The second-order valence-corrected chi connectivity index (χ2v) is 8.43. The number of H-pyrrole nitrogens is 1. The zero-order valence-corrected chi connectivity index (χ0v) is 19.0. The maximum atomic E-state index is 13.1. The van der Waals surface area contributed by atoms with E-state index in [9.17, 15) is 14.7 Å². The topological polar surface area (TPSA) is 95.8 Å². The van der Waals surface area contributed by atoms with Gasteiger partial charge >= 0.3 is 0 Å². The number of nitrogens with zero attached hydrogens (tertiary/aromatic N) is 1. The molecule has 1 saturated heterocycles. The molecule has 8 heteroatoms. The number of rotatable bonds is 6. The number of aliphatic hydroxyl groups is 1. The molecule has 1 fully saturated rings. The fraction of sp³-hybridized carbons (Fsp3) is 0.154. The molecule has 0 aliphatic carbocycles. The van der Waals surface area contributed by atoms with Crippen LogP contribution in [0.3, 0.4) is 0 Å². The van der Waals surface area contributed by atoms with Crippen molar-refractivity contribution in [2.45, 2.75) is 12.5 Å². The molecule has 0 radical (unpaired) electrons. The third-order valence-electron chi connectivity index (χ3n) is 6.07. The van der Waals surface area contributed by atoms with Crippen molar-refractivity contribution < 1.29 is 23.8 Å². The molecule has 0 unspecified atom stereocenters. The standard InChI is InChI=1S/C26H21ClN2O5/c1-33-18-8-9-20-19(13-18)16(14-28-20)10-11-29-23(21-3-2-12-34-21)22(25(31)26(29)32)24(30)15-4-6-17(27)7-5-15/h2-9,12-14,23,28,30H,10-11H2,1H3/t23-/m0/s1. The number of halogens is 1. The van der Waals surface area contributed by atoms with Crippen molar-refractivity contribution in [1.29, 1.82) is 0 Å². The summed E-state index contributed by atoms with van der Waals surface area (Å²) in [4.78, 5) is 30.8. The first kappa shape index (κ1) is 21.9. The number of ether oxygens (including phenoxy) is 1. The van der Waals surface area contributed by atoms with Gasteiger partial charge in [-0.2, -0.15) is 0 Å². The number of furan rings is 1. The van der Waals surface area contributed by atoms with Crippen molar-refractivity contribution in [3.05, 3.63) is 94.5 Å². The summed E-state index contributed by atoms with van der Waals surface area (Å²) in [7, 11) is 1.61. The summed E-state index contributed by atoms with van der Waals surface area (Å²) in [6.07, 6.45) is 3.85. The van der Waals surface area contributed by atoms with Crippen molar-refractivity contribution in [3.8, 4) is 5.75 Å². The molecule has 2 aromatic heterocycles. The number of hydrogen-bond donors (Lipinski definition) is 2. The Balaban J connectivity index is 1.52. The zero-order chi connectivity index (χ0) is 23.8. The lowest BCUT2D eigenvalue weighted by molar-refractivity contribution is -0.140. The number of carbonyl (C=O) groups excluding carboxylic acids is 2. The minimum absolute atomic E-state index is 0.0112. The second kappa shape index (κ2) is 8.76. The van der Waals surface area contributed by atoms with Gasteiger partial charge in [0, 0.05) is 34.2 Å². The summed E-state index contributed by atoms with van der Waals surface area (Å²) in [5.41, 5.74) is 2.31. The van der Waals surface area contributed by atoms with Crippen LogP contribution in [0, 0.1) is 0 Å². The van der Waals surface area contributed by atoms with Gasteiger partial charge in [-0.05, 0) is 66.6 Å². The van der Waals surface area contributed by atoms with Gasteiger partial charge in [-0.1, -0.05) is 11.6 Å². The summed E-state index contributed by atoms with van der Waals surface area (Å²) in [6, 6.07) is 14.7. The molecule has 1 aliphatic rings. The molecule has 1 atom stereocenters. The molecule has 34 heavy (non-hydrogen) atoms. The first-order valence-electron chi connectivity index (χ1n) is 10.7. The number of benzene rings is 2. The minimum atomic E-state index is -0.842. The molecule has 7 nitrogen and oxygen atoms in total. The van der Waals surface area contributed by atoms with E-state index in [2.05, 4.69) is 4.98 Å². The quantitative estimate of drug-likeness (QED) is 0.229. The number of aromatic nitrogens is 1. The van der Waals surface area contributed by atoms with Crippen LogP contribution in [0.2, 0.25) is 5.02 Å². The van der Waals surface area contributed by atoms with Gasteiger partial charge in [0.05, 0.1) is 18.9 Å². The molecular weight excluding hydrogens is 456 g/mol. The van der Waals surface area contributed by atoms with Gasteiger partial charge in [0.2, 0.25) is 0 Å². The average Bonchev–Trinajstić information content (AvgIpc) is 3.57. The van der Waals surface area contributed by atoms with Gasteiger partial charge in [0.15, 0.2) is 0 Å². The number of amides is 1. The van der Waals surface area contributed by atoms with Crippen LogP contribution in [0.15, 0.2) is 77.0 Å². The molecule has 3 heterocycles. The molecule has 2 N–H and O–H groups in total. The first-order chi connectivity index (χ1) is 16.5. The number of methoxy groups -OCH3 is 1. The molecule has 1 aliphatic heterocycles. The summed E-state index contributed by atoms with van der Waals surface area (Å²) < 4.78 is 10.9. The van der Waals surface area contributed by atoms with E-state index in [1.165, 1.54) is 11.2 Å². The Morgan fingerprint density at radius 3 is 2.68 bits per heavy atom. The summed E-state index contributed by atoms with van der Waals surface area (Å²) in [6.45, 7) is 0.248. The summed E-state index contributed by atoms with van der Waals surface area (Å²) in [5.74, 6) is -0.581. The van der Waals surface area contributed by atoms with E-state index in [0.717, 1.165) is 22.2 Å². The minimum Gasteiger partial charge on any atom is -0.507 e. The number of aromatic amines is 1. The number of hydrogen-bond acceptors (Lipinski definition) is 5. The molecule has 0 saturated carbocycles. The highest BCUT2D eigenvalue weighted by Crippen LogP contribution is 2.40. The maximum absolute atomic E-state index is 13.1. The number of aliphatic hydroxyl groups excluding tert-OH is 1. The van der Waals surface area contributed by atoms with Crippen LogP contribution in [-0.2, 0) is 16.0 Å². The maximum Gasteiger partial charge on any atom is 0.295 e. The summed E-state index contributed by atoms with van der Waals surface area (Å²) in [5, 5.41) is 12.5. The molecule has 1 amide bonds. The van der Waals surface area contributed by atoms with Crippen LogP contribution in [0.1, 0.15) is 22.9 Å². The Morgan fingerprint density at radius 1 is 1.18 bits per heavy atom. The number of ketones is 1. The van der Waals surface area contributed by atoms with Gasteiger partial charge in [-0.25, -0.2) is 0 Å². The molecule has 172 valence electrons. The number of Topliss-reactive ketones (excluding diaryl/α,β-unsaturated/α-hetero) is 1. The van der Waals surface area contributed by atoms with E-state index in [1.54, 1.807) is 43.5 Å². The third kappa shape index (κ3) is 3.74. The van der Waals surface area contributed by atoms with Crippen molar-refractivity contribution in [2.24, 2.45) is 0 Å². The van der Waals surface area contributed by atoms with E-state index < -0.39 is 17.7 Å². The highest BCUT2D eigenvalue weighted by molar-refractivity contribution is 6.46. The number of fused-ring (bicyclic) bond motifs is 1. The lowest BCUT2D eigenvalue weighted by atomic mass is 9.99. The van der Waals surface area contributed by atoms with Gasteiger partial charge in [-0.3, -0.25) is 9.59 Å². The van der Waals surface area contributed by atoms with Gasteiger partial charge in [0.1, 0.15) is 23.3 Å². The average molecular weight is 477 g/mol. The molecule has 4 aromatic rings. The SMILES string of the molecule is COc1ccc2[nH]cc(CCN3C(=O)C(=O)C(=C(O)c4ccc(Cl)cc4)[C@@H]3c3ccco3)c2c1. The number of nitrogens with one attached hydrogen (secondary N) is 1. The summed E-state index contributed by atoms with van der Waals surface area (Å²) >= 11 is 5.96. The highest BCUT2D eigenvalue weighted by atomic mass is 35.5. The smallest absolute Gasteiger partial charge is 0.295 e. The lowest BCUT2D eigenvalue weighted by Gasteiger charge is -2.23. The van der Waals surface area contributed by atoms with Crippen LogP contribution in [0.25, 0.3) is 16.7 Å². The monoisotopic (exact) mass is 476 g/mol. The highest BCUT2D eigenvalue weighted by Gasteiger charge is 2.47. The predicted molar refractivity (Wildman–Crippen MR) is 128 cm³/mol. The van der Waals surface area contributed by atoms with Gasteiger partial charge in [0.25, 0.3) is 11.7 Å². The Hall–Kier alpha value is -3.97. The number of carbonyl (C=O) groups is 2. The lowest BCUT2D eigenvalue weighted by Crippen LogP contribution is -2.31. The van der Waals surface area contributed by atoms with Crippen LogP contribution < -0.4 is 4.74 Å². The normalized spacial score (nSPS) is 17.6. The van der Waals surface area contributed by atoms with Crippen LogP contribution in [0.5, 0.6) is 5.75 Å². The molecule has 2 aromatic carbocycles. The van der Waals surface area contributed by atoms with Crippen LogP contribution in [0.4, 0.5) is 0 Å². The predicted octanol–water partition coefficient (Wildman–Crippen LogP) is 5.09. The van der Waals surface area contributed by atoms with E-state index in [1.807, 2.05) is 24.4 Å². The van der Waals surface area contributed by atoms with Crippen LogP contribution >= 0.6 is 11.6 Å². The van der Waals surface area contributed by atoms with E-state index in [4.69, 9.17) is 20.8 Å². The van der Waals surface area contributed by atoms with E-state index in [0.29, 0.717) is 22.8 Å². The Kier molecular flexibility index (Phi) is 5.63. The largest absolute Gasteiger partial charge is 0.507 e. The Labute approximate surface area is 200 Å². The second-order valence-electron chi connectivity index (χ2n) is 7.99. The van der Waals surface area contributed by atoms with Crippen LogP contribution in [-0.4, -0.2) is 40.3 Å². The molecule has 5 rings (SSSR count). The van der Waals surface area contributed by atoms with E-state index >= 15 is 0 Å². The Morgan fingerprint density at radius 2 is 1.97 bits per heavy atom. The zero-order valence-electron chi connectivity index (χ0n) is 18.2. The molecule has 0 bridgehead atoms. The molecule has 0 spiro atoms. The fourth-order valence-electron chi connectivity index (χ4n) is 4.35. The molecular formula is C26H21ClN2O5.